The normalized spacial score (nSPS) is 13.5. The summed E-state index contributed by atoms with van der Waals surface area (Å²) >= 11 is 0. The van der Waals surface area contributed by atoms with Crippen LogP contribution in [0.3, 0.4) is 0 Å². The van der Waals surface area contributed by atoms with Crippen LogP contribution in [0.1, 0.15) is 27.0 Å². The molecule has 0 aliphatic carbocycles. The average Bonchev–Trinajstić information content (AvgIpc) is 3.12. The molecule has 3 aromatic rings. The van der Waals surface area contributed by atoms with Gasteiger partial charge in [0.2, 0.25) is 5.78 Å². The van der Waals surface area contributed by atoms with Gasteiger partial charge in [-0.25, -0.2) is 0 Å². The first-order chi connectivity index (χ1) is 15.1. The maximum Gasteiger partial charge on any atom is 0.231 e. The number of allylic oxidation sites excluding steroid dienone is 1. The van der Waals surface area contributed by atoms with E-state index >= 15 is 0 Å². The van der Waals surface area contributed by atoms with Gasteiger partial charge in [0, 0.05) is 17.7 Å². The largest absolute Gasteiger partial charge is 0.497 e. The summed E-state index contributed by atoms with van der Waals surface area (Å²) in [4.78, 5) is 12.8. The van der Waals surface area contributed by atoms with E-state index in [0.29, 0.717) is 35.2 Å². The van der Waals surface area contributed by atoms with E-state index in [-0.39, 0.29) is 11.5 Å². The first-order valence-corrected chi connectivity index (χ1v) is 9.76. The monoisotopic (exact) mass is 414 g/mol. The molecule has 0 N–H and O–H groups in total. The van der Waals surface area contributed by atoms with Crippen LogP contribution in [0.25, 0.3) is 12.2 Å². The Bertz CT molecular complexity index is 1160. The number of hydrogen-bond donors (Lipinski definition) is 0. The Balaban J connectivity index is 1.51. The molecule has 5 nitrogen and oxygen atoms in total. The van der Waals surface area contributed by atoms with Crippen molar-refractivity contribution in [3.8, 4) is 23.0 Å². The van der Waals surface area contributed by atoms with Crippen molar-refractivity contribution in [1.82, 2.24) is 0 Å². The molecule has 0 saturated heterocycles. The Labute approximate surface area is 181 Å². The Morgan fingerprint density at radius 1 is 0.935 bits per heavy atom. The lowest BCUT2D eigenvalue weighted by atomic mass is 10.1. The molecule has 0 unspecified atom stereocenters. The number of carbonyl (C=O) groups is 1. The van der Waals surface area contributed by atoms with Crippen molar-refractivity contribution in [2.75, 3.05) is 14.2 Å². The number of hydrogen-bond acceptors (Lipinski definition) is 5. The smallest absolute Gasteiger partial charge is 0.231 e. The van der Waals surface area contributed by atoms with E-state index in [1.807, 2.05) is 30.3 Å². The first-order valence-electron chi connectivity index (χ1n) is 9.76. The van der Waals surface area contributed by atoms with Gasteiger partial charge in [-0.1, -0.05) is 36.9 Å². The molecule has 0 fully saturated rings. The Hall–Kier alpha value is -3.99. The quantitative estimate of drug-likeness (QED) is 0.475. The second-order valence-corrected chi connectivity index (χ2v) is 6.94. The summed E-state index contributed by atoms with van der Waals surface area (Å²) in [7, 11) is 3.15. The highest BCUT2D eigenvalue weighted by molar-refractivity contribution is 6.14. The van der Waals surface area contributed by atoms with Crippen molar-refractivity contribution >= 4 is 17.9 Å². The fraction of sp³-hybridized carbons (Fsp3) is 0.115. The van der Waals surface area contributed by atoms with Crippen LogP contribution in [-0.4, -0.2) is 20.0 Å². The summed E-state index contributed by atoms with van der Waals surface area (Å²) in [6.45, 7) is 4.17. The van der Waals surface area contributed by atoms with E-state index in [1.165, 1.54) is 0 Å². The molecule has 0 radical (unpaired) electrons. The lowest BCUT2D eigenvalue weighted by Crippen LogP contribution is -1.99. The zero-order valence-electron chi connectivity index (χ0n) is 17.4. The number of ketones is 1. The molecule has 3 aromatic carbocycles. The molecular formula is C26H22O5. The topological polar surface area (TPSA) is 54.0 Å². The third-order valence-corrected chi connectivity index (χ3v) is 4.99. The molecular weight excluding hydrogens is 392 g/mol. The summed E-state index contributed by atoms with van der Waals surface area (Å²) < 4.78 is 22.3. The fourth-order valence-corrected chi connectivity index (χ4v) is 3.25. The van der Waals surface area contributed by atoms with Crippen LogP contribution in [-0.2, 0) is 6.61 Å². The molecule has 156 valence electrons. The molecule has 0 bridgehead atoms. The Morgan fingerprint density at radius 2 is 1.71 bits per heavy atom. The van der Waals surface area contributed by atoms with Gasteiger partial charge in [0.15, 0.2) is 5.76 Å². The molecule has 31 heavy (non-hydrogen) atoms. The predicted molar refractivity (Wildman–Crippen MR) is 120 cm³/mol. The van der Waals surface area contributed by atoms with Gasteiger partial charge in [0.05, 0.1) is 19.8 Å². The number of rotatable bonds is 7. The maximum absolute atomic E-state index is 12.8. The van der Waals surface area contributed by atoms with Crippen molar-refractivity contribution in [2.24, 2.45) is 0 Å². The van der Waals surface area contributed by atoms with Crippen molar-refractivity contribution in [3.63, 3.8) is 0 Å². The molecule has 0 amide bonds. The molecule has 0 spiro atoms. The van der Waals surface area contributed by atoms with Crippen molar-refractivity contribution in [1.29, 1.82) is 0 Å². The van der Waals surface area contributed by atoms with Gasteiger partial charge < -0.3 is 18.9 Å². The predicted octanol–water partition coefficient (Wildman–Crippen LogP) is 5.54. The van der Waals surface area contributed by atoms with E-state index in [4.69, 9.17) is 18.9 Å². The highest BCUT2D eigenvalue weighted by Gasteiger charge is 2.28. The van der Waals surface area contributed by atoms with Crippen LogP contribution in [0.15, 0.2) is 73.0 Å². The van der Waals surface area contributed by atoms with Gasteiger partial charge in [-0.2, -0.15) is 0 Å². The van der Waals surface area contributed by atoms with Crippen molar-refractivity contribution < 1.29 is 23.7 Å². The highest BCUT2D eigenvalue weighted by atomic mass is 16.5. The number of ether oxygens (including phenoxy) is 4. The van der Waals surface area contributed by atoms with Gasteiger partial charge in [0.25, 0.3) is 0 Å². The third-order valence-electron chi connectivity index (χ3n) is 4.99. The van der Waals surface area contributed by atoms with E-state index in [1.54, 1.807) is 56.7 Å². The second kappa shape index (κ2) is 8.79. The van der Waals surface area contributed by atoms with Gasteiger partial charge in [-0.15, -0.1) is 0 Å². The zero-order chi connectivity index (χ0) is 21.8. The average molecular weight is 414 g/mol. The van der Waals surface area contributed by atoms with Gasteiger partial charge in [0.1, 0.15) is 29.6 Å². The van der Waals surface area contributed by atoms with E-state index in [9.17, 15) is 4.79 Å². The molecule has 1 aliphatic heterocycles. The van der Waals surface area contributed by atoms with Crippen LogP contribution in [0, 0.1) is 0 Å². The zero-order valence-corrected chi connectivity index (χ0v) is 17.4. The molecule has 0 atom stereocenters. The lowest BCUT2D eigenvalue weighted by molar-refractivity contribution is 0.101. The molecule has 5 heteroatoms. The summed E-state index contributed by atoms with van der Waals surface area (Å²) in [5.41, 5.74) is 3.32. The minimum Gasteiger partial charge on any atom is -0.497 e. The molecule has 1 aliphatic rings. The van der Waals surface area contributed by atoms with Gasteiger partial charge in [-0.05, 0) is 41.5 Å². The highest BCUT2D eigenvalue weighted by Crippen LogP contribution is 2.36. The van der Waals surface area contributed by atoms with Crippen LogP contribution >= 0.6 is 0 Å². The number of fused-ring (bicyclic) bond motifs is 1. The molecule has 0 aromatic heterocycles. The van der Waals surface area contributed by atoms with E-state index < -0.39 is 0 Å². The number of methoxy groups -OCH3 is 2. The van der Waals surface area contributed by atoms with Crippen LogP contribution in [0.5, 0.6) is 23.0 Å². The Kier molecular flexibility index (Phi) is 5.76. The van der Waals surface area contributed by atoms with Crippen molar-refractivity contribution in [2.45, 2.75) is 6.61 Å². The maximum atomic E-state index is 12.8. The number of benzene rings is 3. The van der Waals surface area contributed by atoms with Crippen LogP contribution in [0.2, 0.25) is 0 Å². The number of Topliss-reactive ketones (excluding diaryl/α,β-unsaturated/α-hetero) is 1. The molecule has 0 saturated carbocycles. The second-order valence-electron chi connectivity index (χ2n) is 6.94. The molecule has 1 heterocycles. The summed E-state index contributed by atoms with van der Waals surface area (Å²) in [6, 6.07) is 18.6. The number of carbonyl (C=O) groups excluding carboxylic acids is 1. The van der Waals surface area contributed by atoms with Crippen LogP contribution < -0.4 is 18.9 Å². The lowest BCUT2D eigenvalue weighted by Gasteiger charge is -2.08. The van der Waals surface area contributed by atoms with Gasteiger partial charge >= 0.3 is 0 Å². The van der Waals surface area contributed by atoms with Gasteiger partial charge in [-0.3, -0.25) is 4.79 Å². The van der Waals surface area contributed by atoms with E-state index in [2.05, 4.69) is 6.58 Å². The minimum atomic E-state index is -0.181. The minimum absolute atomic E-state index is 0.181. The fourth-order valence-electron chi connectivity index (χ4n) is 3.25. The third kappa shape index (κ3) is 4.31. The summed E-state index contributed by atoms with van der Waals surface area (Å²) in [5, 5.41) is 0. The van der Waals surface area contributed by atoms with Crippen LogP contribution in [0.4, 0.5) is 0 Å². The van der Waals surface area contributed by atoms with Crippen molar-refractivity contribution in [3.05, 3.63) is 95.3 Å². The first kappa shape index (κ1) is 20.3. The van der Waals surface area contributed by atoms with E-state index in [0.717, 1.165) is 16.7 Å². The summed E-state index contributed by atoms with van der Waals surface area (Å²) in [5.74, 6) is 2.41. The summed E-state index contributed by atoms with van der Waals surface area (Å²) in [6.07, 6.45) is 3.47. The SMILES string of the molecule is C=Cc1ccc(COc2ccc3c(c2)OC(=Cc2ccc(OC)cc2OC)C3=O)cc1. The Morgan fingerprint density at radius 3 is 2.42 bits per heavy atom. The standard InChI is InChI=1S/C26H22O5/c1-4-17-5-7-18(8-6-17)16-30-21-11-12-22-24(15-21)31-25(26(22)27)13-19-9-10-20(28-2)14-23(19)29-3/h4-15H,1,16H2,2-3H3. The molecule has 4 rings (SSSR count).